The van der Waals surface area contributed by atoms with Gasteiger partial charge in [-0.1, -0.05) is 169 Å². The fourth-order valence-electron chi connectivity index (χ4n) is 7.64. The van der Waals surface area contributed by atoms with E-state index >= 15 is 0 Å². The number of hydrogen-bond acceptors (Lipinski definition) is 5. The van der Waals surface area contributed by atoms with Gasteiger partial charge in [-0.05, 0) is 104 Å². The van der Waals surface area contributed by atoms with Crippen molar-refractivity contribution in [1.29, 1.82) is 0 Å². The number of carbonyl (C=O) groups excluding carboxylic acids is 2. The molecule has 0 aliphatic rings. The topological polar surface area (TPSA) is 55.8 Å². The zero-order valence-corrected chi connectivity index (χ0v) is 37.0. The lowest BCUT2D eigenvalue weighted by Gasteiger charge is -2.28. The van der Waals surface area contributed by atoms with Crippen LogP contribution >= 0.6 is 0 Å². The first-order valence-corrected chi connectivity index (χ1v) is 24.0. The van der Waals surface area contributed by atoms with Crippen LogP contribution in [0.15, 0.2) is 0 Å². The van der Waals surface area contributed by atoms with Gasteiger partial charge in [0.2, 0.25) is 0 Å². The maximum absolute atomic E-state index is 12.7. The molecule has 0 heterocycles. The van der Waals surface area contributed by atoms with Crippen LogP contribution in [0.4, 0.5) is 0 Å². The second kappa shape index (κ2) is 39.1. The average Bonchev–Trinajstić information content (AvgIpc) is 3.14. The lowest BCUT2D eigenvalue weighted by atomic mass is 9.94. The first kappa shape index (κ1) is 51.9. The molecule has 5 heteroatoms. The maximum Gasteiger partial charge on any atom is 0.306 e. The van der Waals surface area contributed by atoms with Gasteiger partial charge in [-0.2, -0.15) is 0 Å². The first-order valence-electron chi connectivity index (χ1n) is 24.0. The zero-order valence-electron chi connectivity index (χ0n) is 37.0. The van der Waals surface area contributed by atoms with Crippen molar-refractivity contribution in [2.24, 2.45) is 0 Å². The first-order chi connectivity index (χ1) is 25.8. The van der Waals surface area contributed by atoms with E-state index in [0.29, 0.717) is 12.8 Å². The minimum absolute atomic E-state index is 0.000584. The number of esters is 2. The molecule has 1 unspecified atom stereocenters. The second-order valence-electron chi connectivity index (χ2n) is 16.9. The summed E-state index contributed by atoms with van der Waals surface area (Å²) in [4.78, 5) is 28.0. The lowest BCUT2D eigenvalue weighted by molar-refractivity contribution is -0.159. The highest BCUT2D eigenvalue weighted by Crippen LogP contribution is 2.25. The van der Waals surface area contributed by atoms with E-state index in [1.54, 1.807) is 0 Å². The third kappa shape index (κ3) is 35.1. The number of unbranched alkanes of at least 4 members (excludes halogenated alkanes) is 23. The van der Waals surface area contributed by atoms with Crippen molar-refractivity contribution < 1.29 is 19.1 Å². The van der Waals surface area contributed by atoms with Crippen molar-refractivity contribution >= 4 is 11.9 Å². The molecule has 0 aromatic heterocycles. The molecule has 0 aromatic rings. The summed E-state index contributed by atoms with van der Waals surface area (Å²) in [6.45, 7) is 16.9. The second-order valence-corrected chi connectivity index (χ2v) is 16.9. The molecule has 0 amide bonds. The number of rotatable bonds is 42. The minimum Gasteiger partial charge on any atom is -0.462 e. The number of carbonyl (C=O) groups is 2. The number of nitrogens with zero attached hydrogens (tertiary/aromatic N) is 1. The molecule has 0 saturated heterocycles. The molecule has 53 heavy (non-hydrogen) atoms. The van der Waals surface area contributed by atoms with Crippen molar-refractivity contribution in [1.82, 2.24) is 4.90 Å². The molecule has 0 aromatic carbocycles. The van der Waals surface area contributed by atoms with Crippen molar-refractivity contribution in [3.8, 4) is 0 Å². The van der Waals surface area contributed by atoms with E-state index in [4.69, 9.17) is 9.47 Å². The van der Waals surface area contributed by atoms with Crippen molar-refractivity contribution in [3.63, 3.8) is 0 Å². The highest BCUT2D eigenvalue weighted by atomic mass is 16.6. The summed E-state index contributed by atoms with van der Waals surface area (Å²) in [6, 6.07) is 0. The summed E-state index contributed by atoms with van der Waals surface area (Å²) in [5.41, 5.74) is -0.290. The van der Waals surface area contributed by atoms with E-state index in [-0.39, 0.29) is 23.6 Å². The molecule has 0 N–H and O–H groups in total. The Morgan fingerprint density at radius 2 is 0.849 bits per heavy atom. The van der Waals surface area contributed by atoms with Gasteiger partial charge in [0.25, 0.3) is 0 Å². The standard InChI is InChI=1S/C48H95NO4/c1-7-12-15-18-23-30-37-45(38-31-24-19-16-13-8-2)52-46(50)39-32-25-21-28-35-43-49(42-10-4)44-36-29-22-26-33-40-47(51)53-48(6,11-5)41-34-27-20-17-14-9-3/h45H,7-44H2,1-6H3. The third-order valence-electron chi connectivity index (χ3n) is 11.5. The number of ether oxygens (including phenoxy) is 2. The van der Waals surface area contributed by atoms with Gasteiger partial charge in [0, 0.05) is 12.8 Å². The summed E-state index contributed by atoms with van der Waals surface area (Å²) in [6.07, 6.45) is 41.3. The van der Waals surface area contributed by atoms with Crippen LogP contribution in [-0.4, -0.2) is 48.2 Å². The Morgan fingerprint density at radius 3 is 1.30 bits per heavy atom. The molecule has 0 aliphatic heterocycles. The van der Waals surface area contributed by atoms with Gasteiger partial charge in [-0.15, -0.1) is 0 Å². The lowest BCUT2D eigenvalue weighted by Crippen LogP contribution is -2.31. The molecule has 0 saturated carbocycles. The van der Waals surface area contributed by atoms with E-state index in [0.717, 1.165) is 57.8 Å². The Kier molecular flexibility index (Phi) is 38.3. The summed E-state index contributed by atoms with van der Waals surface area (Å²) in [5, 5.41) is 0. The van der Waals surface area contributed by atoms with Gasteiger partial charge >= 0.3 is 11.9 Å². The Bertz CT molecular complexity index is 772. The summed E-state index contributed by atoms with van der Waals surface area (Å²) in [5.74, 6) is 0.0416. The largest absolute Gasteiger partial charge is 0.462 e. The van der Waals surface area contributed by atoms with E-state index in [2.05, 4.69) is 46.4 Å². The van der Waals surface area contributed by atoms with Crippen LogP contribution in [0.2, 0.25) is 0 Å². The zero-order chi connectivity index (χ0) is 39.1. The molecule has 0 bridgehead atoms. The van der Waals surface area contributed by atoms with Gasteiger partial charge in [-0.3, -0.25) is 9.59 Å². The average molecular weight is 750 g/mol. The Labute approximate surface area is 332 Å². The van der Waals surface area contributed by atoms with Crippen LogP contribution in [0.25, 0.3) is 0 Å². The third-order valence-corrected chi connectivity index (χ3v) is 11.5. The molecule has 5 nitrogen and oxygen atoms in total. The van der Waals surface area contributed by atoms with Crippen LogP contribution in [0.1, 0.15) is 266 Å². The van der Waals surface area contributed by atoms with E-state index in [9.17, 15) is 9.59 Å². The quantitative estimate of drug-likeness (QED) is 0.0459. The summed E-state index contributed by atoms with van der Waals surface area (Å²) in [7, 11) is 0. The Balaban J connectivity index is 4.10. The van der Waals surface area contributed by atoms with Crippen molar-refractivity contribution in [2.75, 3.05) is 19.6 Å². The summed E-state index contributed by atoms with van der Waals surface area (Å²) >= 11 is 0. The van der Waals surface area contributed by atoms with Crippen LogP contribution in [0, 0.1) is 0 Å². The normalized spacial score (nSPS) is 12.8. The summed E-state index contributed by atoms with van der Waals surface area (Å²) < 4.78 is 12.0. The molecule has 0 aliphatic carbocycles. The van der Waals surface area contributed by atoms with Crippen molar-refractivity contribution in [3.05, 3.63) is 0 Å². The fourth-order valence-corrected chi connectivity index (χ4v) is 7.64. The molecule has 0 spiro atoms. The van der Waals surface area contributed by atoms with Crippen LogP contribution in [-0.2, 0) is 19.1 Å². The molecule has 1 atom stereocenters. The fraction of sp³-hybridized carbons (Fsp3) is 0.958. The van der Waals surface area contributed by atoms with Gasteiger partial charge in [0.1, 0.15) is 11.7 Å². The predicted octanol–water partition coefficient (Wildman–Crippen LogP) is 15.3. The van der Waals surface area contributed by atoms with Crippen molar-refractivity contribution in [2.45, 2.75) is 278 Å². The minimum atomic E-state index is -0.290. The molecule has 0 fully saturated rings. The molecule has 316 valence electrons. The highest BCUT2D eigenvalue weighted by molar-refractivity contribution is 5.70. The monoisotopic (exact) mass is 750 g/mol. The van der Waals surface area contributed by atoms with E-state index < -0.39 is 0 Å². The Hall–Kier alpha value is -1.10. The van der Waals surface area contributed by atoms with Crippen LogP contribution in [0.5, 0.6) is 0 Å². The van der Waals surface area contributed by atoms with E-state index in [1.807, 2.05) is 0 Å². The van der Waals surface area contributed by atoms with Crippen LogP contribution < -0.4 is 0 Å². The molecular weight excluding hydrogens is 655 g/mol. The molecule has 0 radical (unpaired) electrons. The predicted molar refractivity (Wildman–Crippen MR) is 231 cm³/mol. The molecule has 0 rings (SSSR count). The van der Waals surface area contributed by atoms with Gasteiger partial charge in [0.15, 0.2) is 0 Å². The van der Waals surface area contributed by atoms with Gasteiger partial charge < -0.3 is 14.4 Å². The van der Waals surface area contributed by atoms with E-state index in [1.165, 1.54) is 174 Å². The van der Waals surface area contributed by atoms with Crippen LogP contribution in [0.3, 0.4) is 0 Å². The highest BCUT2D eigenvalue weighted by Gasteiger charge is 2.26. The van der Waals surface area contributed by atoms with Gasteiger partial charge in [0.05, 0.1) is 0 Å². The molecular formula is C48H95NO4. The Morgan fingerprint density at radius 1 is 0.453 bits per heavy atom. The smallest absolute Gasteiger partial charge is 0.306 e. The maximum atomic E-state index is 12.7. The number of hydrogen-bond donors (Lipinski definition) is 0. The van der Waals surface area contributed by atoms with Gasteiger partial charge in [-0.25, -0.2) is 0 Å². The SMILES string of the molecule is CCCCCCCCC(CCCCCCCC)OC(=O)CCCCCCCN(CCC)CCCCCCCC(=O)OC(C)(CC)CCCCCCCC.